The number of carbonyl (C=O) groups is 4. The summed E-state index contributed by atoms with van der Waals surface area (Å²) in [5.74, 6) is -1.39. The van der Waals surface area contributed by atoms with Gasteiger partial charge in [0.05, 0.1) is 10.7 Å². The molecule has 0 aromatic heterocycles. The second-order valence-electron chi connectivity index (χ2n) is 8.63. The van der Waals surface area contributed by atoms with Crippen LogP contribution in [0.1, 0.15) is 50.9 Å². The number of hydrogen-bond donors (Lipinski definition) is 2. The molecule has 1 aromatic rings. The van der Waals surface area contributed by atoms with Crippen molar-refractivity contribution in [1.82, 2.24) is 10.2 Å². The zero-order valence-corrected chi connectivity index (χ0v) is 20.0. The molecule has 1 fully saturated rings. The summed E-state index contributed by atoms with van der Waals surface area (Å²) in [4.78, 5) is 51.1. The van der Waals surface area contributed by atoms with Crippen LogP contribution in [0, 0.1) is 0 Å². The fourth-order valence-electron chi connectivity index (χ4n) is 3.27. The average molecular weight is 480 g/mol. The molecule has 33 heavy (non-hydrogen) atoms. The molecule has 2 N–H and O–H groups in total. The lowest BCUT2D eigenvalue weighted by molar-refractivity contribution is -0.152. The van der Waals surface area contributed by atoms with Crippen LogP contribution in [-0.4, -0.2) is 59.6 Å². The molecule has 2 atom stereocenters. The minimum absolute atomic E-state index is 0.0726. The van der Waals surface area contributed by atoms with Crippen LogP contribution >= 0.6 is 11.6 Å². The third kappa shape index (κ3) is 7.49. The maximum absolute atomic E-state index is 12.9. The minimum atomic E-state index is -0.872. The van der Waals surface area contributed by atoms with Crippen molar-refractivity contribution in [1.29, 1.82) is 0 Å². The van der Waals surface area contributed by atoms with Gasteiger partial charge in [-0.2, -0.15) is 0 Å². The first-order valence-electron chi connectivity index (χ1n) is 10.6. The molecular formula is C23H30ClN3O6. The number of hydrogen-bond acceptors (Lipinski definition) is 6. The van der Waals surface area contributed by atoms with E-state index in [0.717, 1.165) is 0 Å². The quantitative estimate of drug-likeness (QED) is 0.457. The number of benzene rings is 1. The van der Waals surface area contributed by atoms with Gasteiger partial charge in [0.1, 0.15) is 24.3 Å². The molecule has 10 heteroatoms. The summed E-state index contributed by atoms with van der Waals surface area (Å²) in [6.45, 7) is 10.7. The molecule has 9 nitrogen and oxygen atoms in total. The molecule has 1 heterocycles. The van der Waals surface area contributed by atoms with Gasteiger partial charge in [0.15, 0.2) is 0 Å². The molecule has 0 radical (unpaired) electrons. The Bertz CT molecular complexity index is 927. The molecule has 1 saturated heterocycles. The van der Waals surface area contributed by atoms with Gasteiger partial charge in [-0.05, 0) is 58.7 Å². The first-order valence-corrected chi connectivity index (χ1v) is 11.0. The van der Waals surface area contributed by atoms with Crippen molar-refractivity contribution >= 4 is 41.2 Å². The zero-order chi connectivity index (χ0) is 24.8. The number of carbonyl (C=O) groups excluding carboxylic acids is 4. The van der Waals surface area contributed by atoms with Crippen LogP contribution in [0.3, 0.4) is 0 Å². The molecule has 1 aliphatic heterocycles. The van der Waals surface area contributed by atoms with E-state index < -0.39 is 35.7 Å². The maximum Gasteiger partial charge on any atom is 0.412 e. The predicted octanol–water partition coefficient (Wildman–Crippen LogP) is 3.53. The third-order valence-electron chi connectivity index (χ3n) is 4.74. The summed E-state index contributed by atoms with van der Waals surface area (Å²) >= 11 is 6.20. The van der Waals surface area contributed by atoms with E-state index in [1.54, 1.807) is 27.7 Å². The summed E-state index contributed by atoms with van der Waals surface area (Å²) in [6, 6.07) is 2.77. The van der Waals surface area contributed by atoms with Gasteiger partial charge in [-0.25, -0.2) is 9.59 Å². The van der Waals surface area contributed by atoms with Crippen LogP contribution < -0.4 is 10.6 Å². The summed E-state index contributed by atoms with van der Waals surface area (Å²) < 4.78 is 10.3. The highest BCUT2D eigenvalue weighted by Crippen LogP contribution is 2.24. The third-order valence-corrected chi connectivity index (χ3v) is 5.05. The number of amides is 3. The molecule has 0 saturated carbocycles. The number of likely N-dealkylation sites (tertiary alicyclic amines) is 1. The molecule has 1 aromatic carbocycles. The Labute approximate surface area is 198 Å². The SMILES string of the molecule is C=CCOC(=O)[C@H]1CCCN1C(=O)[C@H](C)NC(=O)c1ccc(NC(=O)OC(C)(C)C)c(Cl)c1. The normalized spacial score (nSPS) is 16.5. The van der Waals surface area contributed by atoms with Crippen molar-refractivity contribution in [3.8, 4) is 0 Å². The van der Waals surface area contributed by atoms with Crippen LogP contribution in [0.25, 0.3) is 0 Å². The fourth-order valence-corrected chi connectivity index (χ4v) is 3.50. The van der Waals surface area contributed by atoms with Gasteiger partial charge in [-0.3, -0.25) is 14.9 Å². The Balaban J connectivity index is 2.00. The van der Waals surface area contributed by atoms with E-state index in [0.29, 0.717) is 19.4 Å². The number of halogens is 1. The van der Waals surface area contributed by atoms with Crippen LogP contribution in [0.5, 0.6) is 0 Å². The highest BCUT2D eigenvalue weighted by molar-refractivity contribution is 6.34. The average Bonchev–Trinajstić information content (AvgIpc) is 3.21. The van der Waals surface area contributed by atoms with Gasteiger partial charge in [0.2, 0.25) is 5.91 Å². The Morgan fingerprint density at radius 1 is 1.30 bits per heavy atom. The second kappa shape index (κ2) is 11.2. The topological polar surface area (TPSA) is 114 Å². The molecule has 0 bridgehead atoms. The Kier molecular flexibility index (Phi) is 8.87. The predicted molar refractivity (Wildman–Crippen MR) is 124 cm³/mol. The molecule has 0 unspecified atom stereocenters. The first-order chi connectivity index (χ1) is 15.4. The van der Waals surface area contributed by atoms with Crippen molar-refractivity contribution in [3.63, 3.8) is 0 Å². The Hall–Kier alpha value is -3.07. The van der Waals surface area contributed by atoms with Gasteiger partial charge in [0.25, 0.3) is 5.91 Å². The molecule has 2 rings (SSSR count). The van der Waals surface area contributed by atoms with Crippen molar-refractivity contribution in [3.05, 3.63) is 41.4 Å². The molecule has 0 spiro atoms. The van der Waals surface area contributed by atoms with Gasteiger partial charge in [-0.1, -0.05) is 24.3 Å². The van der Waals surface area contributed by atoms with Gasteiger partial charge in [-0.15, -0.1) is 0 Å². The maximum atomic E-state index is 12.9. The highest BCUT2D eigenvalue weighted by atomic mass is 35.5. The largest absolute Gasteiger partial charge is 0.460 e. The van der Waals surface area contributed by atoms with E-state index in [4.69, 9.17) is 21.1 Å². The Morgan fingerprint density at radius 3 is 2.61 bits per heavy atom. The number of anilines is 1. The van der Waals surface area contributed by atoms with Crippen LogP contribution in [0.4, 0.5) is 10.5 Å². The monoisotopic (exact) mass is 479 g/mol. The van der Waals surface area contributed by atoms with E-state index in [1.165, 1.54) is 29.2 Å². The number of nitrogens with zero attached hydrogens (tertiary/aromatic N) is 1. The molecule has 1 aliphatic rings. The lowest BCUT2D eigenvalue weighted by atomic mass is 10.1. The standard InChI is InChI=1S/C23H30ClN3O6/c1-6-12-32-21(30)18-8-7-11-27(18)20(29)14(2)25-19(28)15-9-10-17(16(24)13-15)26-22(31)33-23(3,4)5/h6,9-10,13-14,18H,1,7-8,11-12H2,2-5H3,(H,25,28)(H,26,31)/t14-,18+/m0/s1. The minimum Gasteiger partial charge on any atom is -0.460 e. The number of rotatable bonds is 7. The van der Waals surface area contributed by atoms with Gasteiger partial charge >= 0.3 is 12.1 Å². The van der Waals surface area contributed by atoms with Gasteiger partial charge < -0.3 is 19.7 Å². The van der Waals surface area contributed by atoms with Crippen LogP contribution in [0.15, 0.2) is 30.9 Å². The summed E-state index contributed by atoms with van der Waals surface area (Å²) in [6.07, 6.45) is 1.96. The van der Waals surface area contributed by atoms with Crippen LogP contribution in [-0.2, 0) is 19.1 Å². The summed E-state index contributed by atoms with van der Waals surface area (Å²) in [5.41, 5.74) is -0.183. The second-order valence-corrected chi connectivity index (χ2v) is 9.03. The molecule has 0 aliphatic carbocycles. The molecule has 3 amide bonds. The Morgan fingerprint density at radius 2 is 2.00 bits per heavy atom. The van der Waals surface area contributed by atoms with E-state index in [1.807, 2.05) is 0 Å². The summed E-state index contributed by atoms with van der Waals surface area (Å²) in [5, 5.41) is 5.28. The van der Waals surface area contributed by atoms with E-state index in [2.05, 4.69) is 17.2 Å². The lowest BCUT2D eigenvalue weighted by Gasteiger charge is -2.26. The van der Waals surface area contributed by atoms with E-state index in [-0.39, 0.29) is 28.8 Å². The van der Waals surface area contributed by atoms with Crippen LogP contribution in [0.2, 0.25) is 5.02 Å². The molecule has 180 valence electrons. The van der Waals surface area contributed by atoms with Crippen molar-refractivity contribution in [2.24, 2.45) is 0 Å². The zero-order valence-electron chi connectivity index (χ0n) is 19.3. The molecular weight excluding hydrogens is 450 g/mol. The van der Waals surface area contributed by atoms with Gasteiger partial charge in [0, 0.05) is 12.1 Å². The van der Waals surface area contributed by atoms with Crippen molar-refractivity contribution in [2.45, 2.75) is 58.2 Å². The van der Waals surface area contributed by atoms with Crippen molar-refractivity contribution in [2.75, 3.05) is 18.5 Å². The number of esters is 1. The smallest absolute Gasteiger partial charge is 0.412 e. The first kappa shape index (κ1) is 26.2. The van der Waals surface area contributed by atoms with Crippen molar-refractivity contribution < 1.29 is 28.7 Å². The van der Waals surface area contributed by atoms with E-state index in [9.17, 15) is 19.2 Å². The highest BCUT2D eigenvalue weighted by Gasteiger charge is 2.37. The number of nitrogens with one attached hydrogen (secondary N) is 2. The number of ether oxygens (including phenoxy) is 2. The lowest BCUT2D eigenvalue weighted by Crippen LogP contribution is -2.50. The van der Waals surface area contributed by atoms with E-state index >= 15 is 0 Å². The fraction of sp³-hybridized carbons (Fsp3) is 0.478. The summed E-state index contributed by atoms with van der Waals surface area (Å²) in [7, 11) is 0.